The Morgan fingerprint density at radius 3 is 2.63 bits per heavy atom. The molecule has 2 aromatic heterocycles. The van der Waals surface area contributed by atoms with E-state index in [0.717, 1.165) is 16.9 Å². The molecule has 8 heteroatoms. The second-order valence-electron chi connectivity index (χ2n) is 6.84. The molecule has 0 aliphatic rings. The minimum atomic E-state index is -0.341. The summed E-state index contributed by atoms with van der Waals surface area (Å²) in [6, 6.07) is 15.5. The molecule has 0 fully saturated rings. The third-order valence-corrected chi connectivity index (χ3v) is 4.56. The molecule has 1 N–H and O–H groups in total. The van der Waals surface area contributed by atoms with E-state index in [2.05, 4.69) is 51.8 Å². The van der Waals surface area contributed by atoms with Crippen LogP contribution in [-0.4, -0.2) is 33.0 Å². The first-order valence-corrected chi connectivity index (χ1v) is 9.43. The van der Waals surface area contributed by atoms with Crippen molar-refractivity contribution < 1.29 is 13.9 Å². The van der Waals surface area contributed by atoms with Crippen LogP contribution in [0.1, 0.15) is 27.3 Å². The molecule has 0 saturated heterocycles. The van der Waals surface area contributed by atoms with Crippen molar-refractivity contribution in [2.24, 2.45) is 0 Å². The van der Waals surface area contributed by atoms with E-state index >= 15 is 0 Å². The molecule has 152 valence electrons. The van der Waals surface area contributed by atoms with Crippen LogP contribution >= 0.6 is 0 Å². The van der Waals surface area contributed by atoms with E-state index in [1.807, 2.05) is 18.3 Å². The first-order chi connectivity index (χ1) is 14.6. The molecule has 4 aromatic rings. The summed E-state index contributed by atoms with van der Waals surface area (Å²) in [5.41, 5.74) is 3.97. The maximum Gasteiger partial charge on any atom is 0.273 e. The topological polar surface area (TPSA) is 95.1 Å². The second kappa shape index (κ2) is 8.60. The highest BCUT2D eigenvalue weighted by Crippen LogP contribution is 2.21. The lowest BCUT2D eigenvalue weighted by Crippen LogP contribution is -2.23. The normalized spacial score (nSPS) is 10.7. The summed E-state index contributed by atoms with van der Waals surface area (Å²) >= 11 is 0. The van der Waals surface area contributed by atoms with Gasteiger partial charge >= 0.3 is 0 Å². The third-order valence-electron chi connectivity index (χ3n) is 4.56. The zero-order chi connectivity index (χ0) is 20.9. The van der Waals surface area contributed by atoms with Crippen molar-refractivity contribution in [3.8, 4) is 17.2 Å². The Hall–Kier alpha value is -3.94. The third kappa shape index (κ3) is 4.54. The predicted molar refractivity (Wildman–Crippen MR) is 110 cm³/mol. The van der Waals surface area contributed by atoms with Crippen molar-refractivity contribution in [1.82, 2.24) is 25.3 Å². The summed E-state index contributed by atoms with van der Waals surface area (Å²) < 4.78 is 12.3. The number of ether oxygens (including phenoxy) is 1. The van der Waals surface area contributed by atoms with Gasteiger partial charge in [-0.3, -0.25) is 4.79 Å². The molecule has 30 heavy (non-hydrogen) atoms. The number of hydrogen-bond acceptors (Lipinski definition) is 6. The molecular weight excluding hydrogens is 382 g/mol. The SMILES string of the molecule is COc1ccc(-c2nc(C(=O)NCc3cn(Cc4ccc(C)cc4)nn3)co2)cc1. The minimum absolute atomic E-state index is 0.202. The van der Waals surface area contributed by atoms with Gasteiger partial charge in [-0.05, 0) is 36.8 Å². The number of amides is 1. The Labute approximate surface area is 173 Å². The van der Waals surface area contributed by atoms with Gasteiger partial charge in [0.1, 0.15) is 17.7 Å². The van der Waals surface area contributed by atoms with Gasteiger partial charge in [-0.1, -0.05) is 35.0 Å². The summed E-state index contributed by atoms with van der Waals surface area (Å²) in [5, 5.41) is 11.0. The molecule has 0 unspecified atom stereocenters. The van der Waals surface area contributed by atoms with Crippen LogP contribution in [0.15, 0.2) is 65.4 Å². The summed E-state index contributed by atoms with van der Waals surface area (Å²) in [7, 11) is 1.60. The molecular formula is C22H21N5O3. The van der Waals surface area contributed by atoms with Crippen molar-refractivity contribution in [3.05, 3.63) is 83.5 Å². The fourth-order valence-corrected chi connectivity index (χ4v) is 2.88. The number of benzene rings is 2. The molecule has 1 amide bonds. The summed E-state index contributed by atoms with van der Waals surface area (Å²) in [6.45, 7) is 2.92. The Bertz CT molecular complexity index is 1130. The van der Waals surface area contributed by atoms with E-state index in [-0.39, 0.29) is 18.1 Å². The molecule has 0 bridgehead atoms. The van der Waals surface area contributed by atoms with E-state index in [1.165, 1.54) is 11.8 Å². The van der Waals surface area contributed by atoms with Crippen LogP contribution in [0.25, 0.3) is 11.5 Å². The lowest BCUT2D eigenvalue weighted by atomic mass is 10.1. The van der Waals surface area contributed by atoms with Crippen molar-refractivity contribution >= 4 is 5.91 Å². The van der Waals surface area contributed by atoms with Crippen molar-refractivity contribution in [1.29, 1.82) is 0 Å². The monoisotopic (exact) mass is 403 g/mol. The number of carbonyl (C=O) groups excluding carboxylic acids is 1. The average molecular weight is 403 g/mol. The van der Waals surface area contributed by atoms with Crippen molar-refractivity contribution in [2.45, 2.75) is 20.0 Å². The van der Waals surface area contributed by atoms with Gasteiger partial charge in [0.15, 0.2) is 5.69 Å². The van der Waals surface area contributed by atoms with Crippen LogP contribution in [0.4, 0.5) is 0 Å². The first kappa shape index (κ1) is 19.4. The van der Waals surface area contributed by atoms with E-state index in [1.54, 1.807) is 23.9 Å². The highest BCUT2D eigenvalue weighted by Gasteiger charge is 2.14. The minimum Gasteiger partial charge on any atom is -0.497 e. The van der Waals surface area contributed by atoms with Gasteiger partial charge in [0.25, 0.3) is 5.91 Å². The first-order valence-electron chi connectivity index (χ1n) is 9.43. The predicted octanol–water partition coefficient (Wildman–Crippen LogP) is 3.23. The number of methoxy groups -OCH3 is 1. The van der Waals surface area contributed by atoms with Crippen molar-refractivity contribution in [3.63, 3.8) is 0 Å². The van der Waals surface area contributed by atoms with Gasteiger partial charge in [0.05, 0.1) is 26.4 Å². The van der Waals surface area contributed by atoms with Gasteiger partial charge < -0.3 is 14.5 Å². The lowest BCUT2D eigenvalue weighted by Gasteiger charge is -2.01. The molecule has 2 heterocycles. The fraction of sp³-hybridized carbons (Fsp3) is 0.182. The maximum absolute atomic E-state index is 12.4. The Morgan fingerprint density at radius 1 is 1.13 bits per heavy atom. The molecule has 4 rings (SSSR count). The van der Waals surface area contributed by atoms with Gasteiger partial charge in [0.2, 0.25) is 5.89 Å². The number of nitrogens with zero attached hydrogens (tertiary/aromatic N) is 4. The highest BCUT2D eigenvalue weighted by molar-refractivity contribution is 5.92. The van der Waals surface area contributed by atoms with Crippen LogP contribution in [0.3, 0.4) is 0 Å². The van der Waals surface area contributed by atoms with Crippen LogP contribution in [0, 0.1) is 6.92 Å². The molecule has 0 aliphatic heterocycles. The largest absolute Gasteiger partial charge is 0.497 e. The standard InChI is InChI=1S/C22H21N5O3/c1-15-3-5-16(6-4-15)12-27-13-18(25-26-27)11-23-21(28)20-14-30-22(24-20)17-7-9-19(29-2)10-8-17/h3-10,13-14H,11-12H2,1-2H3,(H,23,28). The van der Waals surface area contributed by atoms with E-state index in [4.69, 9.17) is 9.15 Å². The summed E-state index contributed by atoms with van der Waals surface area (Å²) in [5.74, 6) is 0.761. The summed E-state index contributed by atoms with van der Waals surface area (Å²) in [4.78, 5) is 16.6. The maximum atomic E-state index is 12.4. The highest BCUT2D eigenvalue weighted by atomic mass is 16.5. The molecule has 2 aromatic carbocycles. The molecule has 0 atom stereocenters. The molecule has 0 saturated carbocycles. The Balaban J connectivity index is 1.34. The quantitative estimate of drug-likeness (QED) is 0.509. The van der Waals surface area contributed by atoms with E-state index in [9.17, 15) is 4.79 Å². The van der Waals surface area contributed by atoms with Crippen LogP contribution in [0.5, 0.6) is 5.75 Å². The van der Waals surface area contributed by atoms with E-state index < -0.39 is 0 Å². The number of aromatic nitrogens is 4. The number of rotatable bonds is 7. The van der Waals surface area contributed by atoms with Gasteiger partial charge in [-0.2, -0.15) is 0 Å². The molecule has 0 radical (unpaired) electrons. The van der Waals surface area contributed by atoms with Gasteiger partial charge in [0, 0.05) is 5.56 Å². The van der Waals surface area contributed by atoms with Crippen LogP contribution in [0.2, 0.25) is 0 Å². The van der Waals surface area contributed by atoms with E-state index in [0.29, 0.717) is 18.1 Å². The molecule has 8 nitrogen and oxygen atoms in total. The average Bonchev–Trinajstić information content (AvgIpc) is 3.44. The zero-order valence-electron chi connectivity index (χ0n) is 16.7. The van der Waals surface area contributed by atoms with Crippen LogP contribution < -0.4 is 10.1 Å². The van der Waals surface area contributed by atoms with Crippen LogP contribution in [-0.2, 0) is 13.1 Å². The lowest BCUT2D eigenvalue weighted by molar-refractivity contribution is 0.0945. The number of aryl methyl sites for hydroxylation is 1. The number of carbonyl (C=O) groups is 1. The van der Waals surface area contributed by atoms with Crippen molar-refractivity contribution in [2.75, 3.05) is 7.11 Å². The Morgan fingerprint density at radius 2 is 1.90 bits per heavy atom. The molecule has 0 spiro atoms. The number of nitrogens with one attached hydrogen (secondary N) is 1. The fourth-order valence-electron chi connectivity index (χ4n) is 2.88. The number of hydrogen-bond donors (Lipinski definition) is 1. The zero-order valence-corrected chi connectivity index (χ0v) is 16.7. The van der Waals surface area contributed by atoms with Gasteiger partial charge in [-0.25, -0.2) is 9.67 Å². The second-order valence-corrected chi connectivity index (χ2v) is 6.84. The smallest absolute Gasteiger partial charge is 0.273 e. The summed E-state index contributed by atoms with van der Waals surface area (Å²) in [6.07, 6.45) is 3.15. The molecule has 0 aliphatic carbocycles. The van der Waals surface area contributed by atoms with Gasteiger partial charge in [-0.15, -0.1) is 5.10 Å². The number of oxazole rings is 1. The Kier molecular flexibility index (Phi) is 5.56.